The first-order valence-corrected chi connectivity index (χ1v) is 7.12. The second-order valence-electron chi connectivity index (χ2n) is 3.87. The Balaban J connectivity index is 1.94. The minimum absolute atomic E-state index is 0.695. The molecule has 0 aliphatic rings. The van der Waals surface area contributed by atoms with E-state index in [1.54, 1.807) is 11.3 Å². The number of ether oxygens (including phenoxy) is 1. The molecule has 2 aromatic rings. The third-order valence-corrected chi connectivity index (χ3v) is 4.07. The highest BCUT2D eigenvalue weighted by atomic mass is 79.9. The summed E-state index contributed by atoms with van der Waals surface area (Å²) in [6.45, 7) is 4.79. The fourth-order valence-corrected chi connectivity index (χ4v) is 2.65. The molecular weight excluding hydrogens is 298 g/mol. The van der Waals surface area contributed by atoms with Crippen LogP contribution in [0.15, 0.2) is 28.2 Å². The molecule has 2 rings (SSSR count). The lowest BCUT2D eigenvalue weighted by Gasteiger charge is -2.09. The number of benzene rings is 1. The molecule has 0 saturated heterocycles. The summed E-state index contributed by atoms with van der Waals surface area (Å²) >= 11 is 5.14. The van der Waals surface area contributed by atoms with Gasteiger partial charge in [0.15, 0.2) is 0 Å². The topological polar surface area (TPSA) is 22.1 Å². The number of rotatable bonds is 4. The summed E-state index contributed by atoms with van der Waals surface area (Å²) in [5.74, 6) is 0.946. The Morgan fingerprint density at radius 1 is 1.35 bits per heavy atom. The zero-order chi connectivity index (χ0) is 12.3. The van der Waals surface area contributed by atoms with Gasteiger partial charge < -0.3 is 4.74 Å². The van der Waals surface area contributed by atoms with Gasteiger partial charge >= 0.3 is 0 Å². The van der Waals surface area contributed by atoms with Gasteiger partial charge in [0.1, 0.15) is 5.75 Å². The molecular formula is C13H14BrNOS. The van der Waals surface area contributed by atoms with E-state index in [0.29, 0.717) is 6.61 Å². The predicted octanol–water partition coefficient (Wildman–Crippen LogP) is 4.14. The smallest absolute Gasteiger partial charge is 0.123 e. The van der Waals surface area contributed by atoms with Crippen LogP contribution in [0.1, 0.15) is 16.1 Å². The predicted molar refractivity (Wildman–Crippen MR) is 74.9 cm³/mol. The fraction of sp³-hybridized carbons (Fsp3) is 0.308. The molecule has 1 heterocycles. The minimum atomic E-state index is 0.695. The fourth-order valence-electron chi connectivity index (χ4n) is 1.55. The van der Waals surface area contributed by atoms with Gasteiger partial charge in [0, 0.05) is 15.8 Å². The summed E-state index contributed by atoms with van der Waals surface area (Å²) in [6.07, 6.45) is 0.919. The molecule has 17 heavy (non-hydrogen) atoms. The van der Waals surface area contributed by atoms with Crippen molar-refractivity contribution in [2.24, 2.45) is 0 Å². The van der Waals surface area contributed by atoms with Crippen molar-refractivity contribution in [1.29, 1.82) is 0 Å². The Labute approximate surface area is 114 Å². The third kappa shape index (κ3) is 3.30. The number of halogens is 1. The zero-order valence-electron chi connectivity index (χ0n) is 9.87. The van der Waals surface area contributed by atoms with Crippen LogP contribution in [0, 0.1) is 13.8 Å². The molecule has 0 radical (unpaired) electrons. The van der Waals surface area contributed by atoms with E-state index in [-0.39, 0.29) is 0 Å². The first-order valence-electron chi connectivity index (χ1n) is 5.45. The monoisotopic (exact) mass is 311 g/mol. The van der Waals surface area contributed by atoms with Crippen LogP contribution < -0.4 is 4.74 Å². The third-order valence-electron chi connectivity index (χ3n) is 2.58. The second kappa shape index (κ2) is 5.65. The van der Waals surface area contributed by atoms with Crippen molar-refractivity contribution < 1.29 is 4.74 Å². The summed E-state index contributed by atoms with van der Waals surface area (Å²) in [5.41, 5.74) is 4.16. The molecule has 0 atom stereocenters. The number of hydrogen-bond donors (Lipinski definition) is 0. The van der Waals surface area contributed by atoms with Crippen molar-refractivity contribution in [1.82, 2.24) is 4.98 Å². The molecule has 90 valence electrons. The largest absolute Gasteiger partial charge is 0.493 e. The average molecular weight is 312 g/mol. The zero-order valence-corrected chi connectivity index (χ0v) is 12.3. The van der Waals surface area contributed by atoms with Crippen LogP contribution in [0.4, 0.5) is 0 Å². The van der Waals surface area contributed by atoms with Crippen LogP contribution in [0.25, 0.3) is 0 Å². The van der Waals surface area contributed by atoms with Crippen molar-refractivity contribution in [3.05, 3.63) is 44.3 Å². The Kier molecular flexibility index (Phi) is 4.18. The van der Waals surface area contributed by atoms with Gasteiger partial charge in [0.2, 0.25) is 0 Å². The van der Waals surface area contributed by atoms with Crippen LogP contribution in [0.2, 0.25) is 0 Å². The van der Waals surface area contributed by atoms with Gasteiger partial charge in [-0.15, -0.1) is 11.3 Å². The van der Waals surface area contributed by atoms with Crippen molar-refractivity contribution in [3.63, 3.8) is 0 Å². The quantitative estimate of drug-likeness (QED) is 0.846. The Morgan fingerprint density at radius 3 is 2.88 bits per heavy atom. The number of hydrogen-bond acceptors (Lipinski definition) is 3. The maximum absolute atomic E-state index is 5.79. The molecule has 0 N–H and O–H groups in total. The van der Waals surface area contributed by atoms with E-state index in [1.165, 1.54) is 4.88 Å². The van der Waals surface area contributed by atoms with Crippen molar-refractivity contribution in [3.8, 4) is 5.75 Å². The van der Waals surface area contributed by atoms with Crippen LogP contribution >= 0.6 is 27.3 Å². The van der Waals surface area contributed by atoms with E-state index in [4.69, 9.17) is 4.74 Å². The van der Waals surface area contributed by atoms with Gasteiger partial charge in [0.05, 0.1) is 17.8 Å². The molecule has 0 unspecified atom stereocenters. The molecule has 0 aliphatic heterocycles. The summed E-state index contributed by atoms with van der Waals surface area (Å²) in [6, 6.07) is 6.09. The van der Waals surface area contributed by atoms with E-state index in [1.807, 2.05) is 24.6 Å². The minimum Gasteiger partial charge on any atom is -0.493 e. The lowest BCUT2D eigenvalue weighted by atomic mass is 10.2. The van der Waals surface area contributed by atoms with E-state index in [2.05, 4.69) is 33.9 Å². The van der Waals surface area contributed by atoms with Crippen molar-refractivity contribution in [2.45, 2.75) is 20.3 Å². The summed E-state index contributed by atoms with van der Waals surface area (Å²) in [5, 5.41) is 0. The maximum atomic E-state index is 5.79. The van der Waals surface area contributed by atoms with Gasteiger partial charge in [0.25, 0.3) is 0 Å². The van der Waals surface area contributed by atoms with Crippen molar-refractivity contribution in [2.75, 3.05) is 6.61 Å². The molecule has 2 nitrogen and oxygen atoms in total. The van der Waals surface area contributed by atoms with Gasteiger partial charge in [-0.25, -0.2) is 4.98 Å². The molecule has 0 fully saturated rings. The number of aromatic nitrogens is 1. The van der Waals surface area contributed by atoms with Crippen LogP contribution in [0.5, 0.6) is 5.75 Å². The van der Waals surface area contributed by atoms with E-state index < -0.39 is 0 Å². The van der Waals surface area contributed by atoms with Crippen LogP contribution in [-0.2, 0) is 6.42 Å². The van der Waals surface area contributed by atoms with Gasteiger partial charge in [-0.05, 0) is 31.5 Å². The van der Waals surface area contributed by atoms with Crippen LogP contribution in [0.3, 0.4) is 0 Å². The number of nitrogens with zero attached hydrogens (tertiary/aromatic N) is 1. The highest BCUT2D eigenvalue weighted by Crippen LogP contribution is 2.23. The number of aryl methyl sites for hydroxylation is 2. The van der Waals surface area contributed by atoms with Gasteiger partial charge in [-0.1, -0.05) is 22.0 Å². The lowest BCUT2D eigenvalue weighted by Crippen LogP contribution is -2.02. The lowest BCUT2D eigenvalue weighted by molar-refractivity contribution is 0.320. The molecule has 0 spiro atoms. The second-order valence-corrected chi connectivity index (χ2v) is 5.72. The summed E-state index contributed by atoms with van der Waals surface area (Å²) < 4.78 is 6.84. The Bertz CT molecular complexity index is 510. The standard InChI is InChI=1S/C13H14BrNOS/c1-9-3-4-11(14)7-12(9)16-6-5-13-10(2)15-8-17-13/h3-4,7-8H,5-6H2,1-2H3. The van der Waals surface area contributed by atoms with E-state index in [0.717, 1.165) is 27.9 Å². The maximum Gasteiger partial charge on any atom is 0.123 e. The Hall–Kier alpha value is -0.870. The number of thiazole rings is 1. The molecule has 0 aliphatic carbocycles. The molecule has 4 heteroatoms. The van der Waals surface area contributed by atoms with E-state index in [9.17, 15) is 0 Å². The SMILES string of the molecule is Cc1ccc(Br)cc1OCCc1scnc1C. The van der Waals surface area contributed by atoms with Crippen LogP contribution in [-0.4, -0.2) is 11.6 Å². The molecule has 0 bridgehead atoms. The normalized spacial score (nSPS) is 10.5. The van der Waals surface area contributed by atoms with Gasteiger partial charge in [-0.2, -0.15) is 0 Å². The highest BCUT2D eigenvalue weighted by Gasteiger charge is 2.03. The molecule has 1 aromatic carbocycles. The average Bonchev–Trinajstić information content (AvgIpc) is 2.70. The van der Waals surface area contributed by atoms with E-state index >= 15 is 0 Å². The molecule has 0 saturated carbocycles. The first-order chi connectivity index (χ1) is 8.16. The summed E-state index contributed by atoms with van der Waals surface area (Å²) in [7, 11) is 0. The Morgan fingerprint density at radius 2 is 2.18 bits per heavy atom. The molecule has 1 aromatic heterocycles. The first kappa shape index (κ1) is 12.6. The van der Waals surface area contributed by atoms with Gasteiger partial charge in [-0.3, -0.25) is 0 Å². The van der Waals surface area contributed by atoms with Crippen molar-refractivity contribution >= 4 is 27.3 Å². The molecule has 0 amide bonds. The summed E-state index contributed by atoms with van der Waals surface area (Å²) in [4.78, 5) is 5.53. The highest BCUT2D eigenvalue weighted by molar-refractivity contribution is 9.10.